The first-order valence-corrected chi connectivity index (χ1v) is 6.56. The molecule has 0 radical (unpaired) electrons. The molecule has 0 aliphatic heterocycles. The Bertz CT molecular complexity index is 42.3. The molecule has 0 atom stereocenters. The van der Waals surface area contributed by atoms with Crippen molar-refractivity contribution in [2.24, 2.45) is 0 Å². The standard InChI is InChI=1S/2ClH.Ni.2H3O3P/c;;;2*1-4(2)3/h2*1H;;2*1-3H/q;;+2;;/p-2. The van der Waals surface area contributed by atoms with Crippen molar-refractivity contribution in [1.29, 1.82) is 0 Å². The van der Waals surface area contributed by atoms with Crippen LogP contribution in [0.25, 0.3) is 0 Å². The average Bonchev–Trinajstić information content (AvgIpc) is 1.60. The fourth-order valence-electron chi connectivity index (χ4n) is 0. The van der Waals surface area contributed by atoms with E-state index < -0.39 is 17.2 Å². The third-order valence-electron chi connectivity index (χ3n) is 0. The van der Waals surface area contributed by atoms with E-state index in [1.54, 1.807) is 0 Å². The fraction of sp³-hybridized carbons (Fsp3) is 0. The van der Waals surface area contributed by atoms with E-state index >= 15 is 0 Å². The summed E-state index contributed by atoms with van der Waals surface area (Å²) in [5.41, 5.74) is 0. The third kappa shape index (κ3) is 383. The maximum absolute atomic E-state index is 7.23. The minimum atomic E-state index is -2.62. The summed E-state index contributed by atoms with van der Waals surface area (Å²) in [6.45, 7) is 0. The molecule has 0 saturated carbocycles. The van der Waals surface area contributed by atoms with Crippen LogP contribution in [0.1, 0.15) is 0 Å². The minimum absolute atomic E-state index is 0.569. The van der Waals surface area contributed by atoms with E-state index in [-0.39, 0.29) is 0 Å². The van der Waals surface area contributed by atoms with Gasteiger partial charge in [-0.3, -0.25) is 0 Å². The van der Waals surface area contributed by atoms with Gasteiger partial charge in [0, 0.05) is 0 Å². The van der Waals surface area contributed by atoms with Gasteiger partial charge in [0.2, 0.25) is 0 Å². The van der Waals surface area contributed by atoms with Crippen LogP contribution in [-0.2, 0) is 12.7 Å². The summed E-state index contributed by atoms with van der Waals surface area (Å²) < 4.78 is 0. The van der Waals surface area contributed by atoms with Crippen molar-refractivity contribution in [2.45, 2.75) is 0 Å². The molecule has 0 fully saturated rings. The summed E-state index contributed by atoms with van der Waals surface area (Å²) >= 11 is 0.569. The van der Waals surface area contributed by atoms with E-state index in [1.807, 2.05) is 0 Å². The van der Waals surface area contributed by atoms with Gasteiger partial charge in [-0.1, -0.05) is 0 Å². The first kappa shape index (κ1) is 18.5. The number of rotatable bonds is 0. The van der Waals surface area contributed by atoms with Crippen LogP contribution in [0.3, 0.4) is 0 Å². The summed E-state index contributed by atoms with van der Waals surface area (Å²) in [6, 6.07) is 0. The van der Waals surface area contributed by atoms with Crippen molar-refractivity contribution in [1.82, 2.24) is 0 Å². The number of hydrogen-bond donors (Lipinski definition) is 6. The Kier molecular flexibility index (Phi) is 29.7. The van der Waals surface area contributed by atoms with Crippen molar-refractivity contribution >= 4 is 37.6 Å². The Hall–Kier alpha value is 1.69. The molecule has 76 valence electrons. The maximum atomic E-state index is 7.23. The summed E-state index contributed by atoms with van der Waals surface area (Å²) in [4.78, 5) is 43.4. The van der Waals surface area contributed by atoms with Gasteiger partial charge in [-0.15, -0.1) is 0 Å². The van der Waals surface area contributed by atoms with Gasteiger partial charge in [-0.2, -0.15) is 0 Å². The molecule has 6 N–H and O–H groups in total. The van der Waals surface area contributed by atoms with E-state index in [9.17, 15) is 0 Å². The molecule has 0 aliphatic rings. The molecular weight excluding hydrogens is 288 g/mol. The van der Waals surface area contributed by atoms with Gasteiger partial charge in [0.05, 0.1) is 0 Å². The van der Waals surface area contributed by atoms with E-state index in [2.05, 4.69) is 0 Å². The predicted octanol–water partition coefficient (Wildman–Crippen LogP) is -0.243. The quantitative estimate of drug-likeness (QED) is 0.271. The van der Waals surface area contributed by atoms with Crippen LogP contribution in [0, 0.1) is 0 Å². The van der Waals surface area contributed by atoms with Crippen LogP contribution in [0.15, 0.2) is 0 Å². The van der Waals surface area contributed by atoms with Crippen molar-refractivity contribution in [2.75, 3.05) is 0 Å². The topological polar surface area (TPSA) is 121 Å². The van der Waals surface area contributed by atoms with Gasteiger partial charge in [0.25, 0.3) is 0 Å². The van der Waals surface area contributed by atoms with Crippen LogP contribution >= 0.6 is 37.6 Å². The van der Waals surface area contributed by atoms with Crippen molar-refractivity contribution < 1.29 is 42.0 Å². The SMILES string of the molecule is OP(O)O.OP(O)O.[Cl][Ni][Cl]. The molecule has 0 heterocycles. The molecule has 11 heavy (non-hydrogen) atoms. The Balaban J connectivity index is -0.0000000886. The van der Waals surface area contributed by atoms with Crippen LogP contribution in [0.4, 0.5) is 0 Å². The number of hydrogen-bond acceptors (Lipinski definition) is 6. The zero-order chi connectivity index (χ0) is 9.86. The Morgan fingerprint density at radius 2 is 0.727 bits per heavy atom. The summed E-state index contributed by atoms with van der Waals surface area (Å²) in [6.07, 6.45) is 0. The van der Waals surface area contributed by atoms with Crippen LogP contribution < -0.4 is 0 Å². The average molecular weight is 294 g/mol. The monoisotopic (exact) mass is 292 g/mol. The van der Waals surface area contributed by atoms with Gasteiger partial charge in [0.1, 0.15) is 0 Å². The molecule has 0 saturated heterocycles. The number of halogens is 2. The van der Waals surface area contributed by atoms with Crippen LogP contribution in [-0.4, -0.2) is 29.4 Å². The zero-order valence-corrected chi connectivity index (χ0v) is 8.94. The van der Waals surface area contributed by atoms with Gasteiger partial charge < -0.3 is 29.4 Å². The summed E-state index contributed by atoms with van der Waals surface area (Å²) in [5, 5.41) is 0. The second kappa shape index (κ2) is 17.7. The Morgan fingerprint density at radius 1 is 0.727 bits per heavy atom. The molecule has 0 unspecified atom stereocenters. The van der Waals surface area contributed by atoms with Gasteiger partial charge >= 0.3 is 50.2 Å². The van der Waals surface area contributed by atoms with E-state index in [1.165, 1.54) is 0 Å². The molecule has 0 amide bonds. The molecule has 0 spiro atoms. The third-order valence-corrected chi connectivity index (χ3v) is 0. The second-order valence-corrected chi connectivity index (χ2v) is 3.29. The molecular formula is H6Cl2NiO6P2. The van der Waals surface area contributed by atoms with E-state index in [4.69, 9.17) is 49.7 Å². The summed E-state index contributed by atoms with van der Waals surface area (Å²) in [5.74, 6) is 0. The van der Waals surface area contributed by atoms with Crippen LogP contribution in [0.5, 0.6) is 0 Å². The molecule has 0 rings (SSSR count). The van der Waals surface area contributed by atoms with E-state index in [0.717, 1.165) is 0 Å². The molecule has 0 bridgehead atoms. The van der Waals surface area contributed by atoms with Crippen molar-refractivity contribution in [3.8, 4) is 0 Å². The van der Waals surface area contributed by atoms with Gasteiger partial charge in [-0.05, 0) is 0 Å². The molecule has 6 nitrogen and oxygen atoms in total. The molecule has 11 heteroatoms. The fourth-order valence-corrected chi connectivity index (χ4v) is 0. The van der Waals surface area contributed by atoms with Crippen LogP contribution in [0.2, 0.25) is 0 Å². The van der Waals surface area contributed by atoms with Crippen molar-refractivity contribution in [3.05, 3.63) is 0 Å². The normalized spacial score (nSPS) is 8.55. The van der Waals surface area contributed by atoms with Gasteiger partial charge in [0.15, 0.2) is 0 Å². The van der Waals surface area contributed by atoms with Crippen molar-refractivity contribution in [3.63, 3.8) is 0 Å². The molecule has 0 aromatic carbocycles. The molecule has 0 aliphatic carbocycles. The Labute approximate surface area is 79.8 Å². The second-order valence-electron chi connectivity index (χ2n) is 0.582. The van der Waals surface area contributed by atoms with Gasteiger partial charge in [-0.25, -0.2) is 0 Å². The molecule has 0 aromatic heterocycles. The van der Waals surface area contributed by atoms with E-state index in [0.29, 0.717) is 12.7 Å². The summed E-state index contributed by atoms with van der Waals surface area (Å²) in [7, 11) is 4.16. The Morgan fingerprint density at radius 3 is 0.727 bits per heavy atom. The first-order valence-electron chi connectivity index (χ1n) is 1.44. The predicted molar refractivity (Wildman–Crippen MR) is 38.9 cm³/mol. The molecule has 0 aromatic rings. The zero-order valence-electron chi connectivity index (χ0n) is 4.65. The first-order chi connectivity index (χ1) is 4.88.